The van der Waals surface area contributed by atoms with Crippen LogP contribution in [0.15, 0.2) is 85.1 Å². The summed E-state index contributed by atoms with van der Waals surface area (Å²) in [4.78, 5) is 46.1. The molecule has 3 amide bonds. The number of carbonyl (C=O) groups is 3. The molecule has 0 spiro atoms. The molecule has 0 bridgehead atoms. The van der Waals surface area contributed by atoms with Crippen molar-refractivity contribution in [3.05, 3.63) is 113 Å². The molecule has 8 nitrogen and oxygen atoms in total. The van der Waals surface area contributed by atoms with Crippen molar-refractivity contribution < 1.29 is 14.4 Å². The van der Waals surface area contributed by atoms with Crippen molar-refractivity contribution in [1.29, 1.82) is 0 Å². The van der Waals surface area contributed by atoms with Crippen LogP contribution in [-0.2, 0) is 6.42 Å². The molecule has 0 saturated carbocycles. The van der Waals surface area contributed by atoms with E-state index in [0.717, 1.165) is 56.4 Å². The van der Waals surface area contributed by atoms with Gasteiger partial charge in [-0.15, -0.1) is 0 Å². The molecule has 0 radical (unpaired) electrons. The van der Waals surface area contributed by atoms with Gasteiger partial charge in [-0.25, -0.2) is 0 Å². The number of hydrogen-bond donors (Lipinski definition) is 3. The molecule has 2 heterocycles. The Balaban J connectivity index is 1.31. The minimum absolute atomic E-state index is 0.0353. The highest BCUT2D eigenvalue weighted by Gasteiger charge is 2.23. The van der Waals surface area contributed by atoms with E-state index in [1.165, 1.54) is 17.5 Å². The van der Waals surface area contributed by atoms with Crippen LogP contribution in [0.2, 0.25) is 0 Å². The summed E-state index contributed by atoms with van der Waals surface area (Å²) < 4.78 is 0. The van der Waals surface area contributed by atoms with E-state index < -0.39 is 0 Å². The minimum atomic E-state index is -0.340. The fourth-order valence-electron chi connectivity index (χ4n) is 6.21. The molecular weight excluding hydrogens is 550 g/mol. The number of amides is 3. The second kappa shape index (κ2) is 13.1. The van der Waals surface area contributed by atoms with E-state index in [1.54, 1.807) is 49.6 Å². The minimum Gasteiger partial charge on any atom is -0.372 e. The van der Waals surface area contributed by atoms with Crippen molar-refractivity contribution in [2.45, 2.75) is 44.6 Å². The van der Waals surface area contributed by atoms with Gasteiger partial charge in [0.05, 0.1) is 17.4 Å². The SMILES string of the molecule is CNC(=O)c1cccc(C(=O)Nc2ccc(N3CCCCC3)cc2-c2cc(C(=O)NC3CCCc4ccccc43)ccn2)c1. The van der Waals surface area contributed by atoms with Gasteiger partial charge in [0.25, 0.3) is 17.7 Å². The fourth-order valence-corrected chi connectivity index (χ4v) is 6.21. The van der Waals surface area contributed by atoms with Gasteiger partial charge in [-0.05, 0) is 98.2 Å². The first-order valence-corrected chi connectivity index (χ1v) is 15.4. The van der Waals surface area contributed by atoms with Crippen LogP contribution >= 0.6 is 0 Å². The molecule has 3 aromatic carbocycles. The first-order valence-electron chi connectivity index (χ1n) is 15.4. The van der Waals surface area contributed by atoms with Crippen LogP contribution in [0.4, 0.5) is 11.4 Å². The van der Waals surface area contributed by atoms with Gasteiger partial charge >= 0.3 is 0 Å². The number of nitrogens with one attached hydrogen (secondary N) is 3. The number of benzene rings is 3. The molecule has 1 aromatic heterocycles. The van der Waals surface area contributed by atoms with Crippen molar-refractivity contribution >= 4 is 29.1 Å². The normalized spacial score (nSPS) is 16.0. The van der Waals surface area contributed by atoms with Gasteiger partial charge < -0.3 is 20.9 Å². The molecule has 8 heteroatoms. The summed E-state index contributed by atoms with van der Waals surface area (Å²) in [6.45, 7) is 1.94. The van der Waals surface area contributed by atoms with Crippen molar-refractivity contribution in [2.75, 3.05) is 30.4 Å². The highest BCUT2D eigenvalue weighted by atomic mass is 16.2. The van der Waals surface area contributed by atoms with Gasteiger partial charge in [0, 0.05) is 54.3 Å². The third-order valence-electron chi connectivity index (χ3n) is 8.56. The predicted octanol–water partition coefficient (Wildman–Crippen LogP) is 6.16. The summed E-state index contributed by atoms with van der Waals surface area (Å²) in [5.74, 6) is -0.756. The lowest BCUT2D eigenvalue weighted by Crippen LogP contribution is -2.31. The monoisotopic (exact) mass is 587 g/mol. The summed E-state index contributed by atoms with van der Waals surface area (Å²) in [5, 5.41) is 8.87. The Morgan fingerprint density at radius 1 is 0.773 bits per heavy atom. The Bertz CT molecular complexity index is 1690. The number of anilines is 2. The number of rotatable bonds is 7. The third-order valence-corrected chi connectivity index (χ3v) is 8.56. The number of aryl methyl sites for hydroxylation is 1. The van der Waals surface area contributed by atoms with Crippen molar-refractivity contribution in [3.63, 3.8) is 0 Å². The Morgan fingerprint density at radius 2 is 1.55 bits per heavy atom. The molecule has 3 N–H and O–H groups in total. The van der Waals surface area contributed by atoms with Crippen LogP contribution in [-0.4, -0.2) is 42.8 Å². The molecule has 44 heavy (non-hydrogen) atoms. The molecule has 1 atom stereocenters. The Morgan fingerprint density at radius 3 is 2.36 bits per heavy atom. The van der Waals surface area contributed by atoms with Gasteiger partial charge in [0.2, 0.25) is 0 Å². The molecule has 2 aliphatic rings. The quantitative estimate of drug-likeness (QED) is 0.240. The van der Waals surface area contributed by atoms with E-state index in [4.69, 9.17) is 0 Å². The van der Waals surface area contributed by atoms with Crippen molar-refractivity contribution in [3.8, 4) is 11.3 Å². The van der Waals surface area contributed by atoms with Crippen molar-refractivity contribution in [1.82, 2.24) is 15.6 Å². The molecule has 1 aliphatic heterocycles. The molecule has 224 valence electrons. The summed E-state index contributed by atoms with van der Waals surface area (Å²) in [6.07, 6.45) is 8.08. The number of carbonyl (C=O) groups excluding carboxylic acids is 3. The lowest BCUT2D eigenvalue weighted by atomic mass is 9.87. The summed E-state index contributed by atoms with van der Waals surface area (Å²) in [5.41, 5.74) is 6.69. The van der Waals surface area contributed by atoms with Crippen LogP contribution in [0.25, 0.3) is 11.3 Å². The predicted molar refractivity (Wildman–Crippen MR) is 173 cm³/mol. The number of hydrogen-bond acceptors (Lipinski definition) is 5. The average Bonchev–Trinajstić information content (AvgIpc) is 3.08. The first-order chi connectivity index (χ1) is 21.5. The van der Waals surface area contributed by atoms with Crippen LogP contribution in [0.3, 0.4) is 0 Å². The maximum absolute atomic E-state index is 13.5. The van der Waals surface area contributed by atoms with E-state index >= 15 is 0 Å². The molecule has 1 aliphatic carbocycles. The molecule has 1 unspecified atom stereocenters. The largest absolute Gasteiger partial charge is 0.372 e. The maximum atomic E-state index is 13.5. The molecular formula is C36H37N5O3. The first kappa shape index (κ1) is 29.1. The summed E-state index contributed by atoms with van der Waals surface area (Å²) in [6, 6.07) is 24.4. The third kappa shape index (κ3) is 6.34. The Labute approximate surface area is 257 Å². The summed E-state index contributed by atoms with van der Waals surface area (Å²) >= 11 is 0. The molecule has 1 saturated heterocycles. The number of aromatic nitrogens is 1. The second-order valence-corrected chi connectivity index (χ2v) is 11.4. The number of piperidine rings is 1. The van der Waals surface area contributed by atoms with Crippen LogP contribution in [0, 0.1) is 0 Å². The van der Waals surface area contributed by atoms with E-state index in [0.29, 0.717) is 28.1 Å². The van der Waals surface area contributed by atoms with Crippen LogP contribution < -0.4 is 20.9 Å². The summed E-state index contributed by atoms with van der Waals surface area (Å²) in [7, 11) is 1.56. The Kier molecular flexibility index (Phi) is 8.68. The van der Waals surface area contributed by atoms with Crippen molar-refractivity contribution in [2.24, 2.45) is 0 Å². The molecule has 1 fully saturated rings. The van der Waals surface area contributed by atoms with Gasteiger partial charge in [0.15, 0.2) is 0 Å². The second-order valence-electron chi connectivity index (χ2n) is 11.4. The van der Waals surface area contributed by atoms with Crippen LogP contribution in [0.5, 0.6) is 0 Å². The Hall–Kier alpha value is -4.98. The topological polar surface area (TPSA) is 103 Å². The zero-order valence-electron chi connectivity index (χ0n) is 24.9. The number of pyridine rings is 1. The average molecular weight is 588 g/mol. The van der Waals surface area contributed by atoms with Gasteiger partial charge in [-0.2, -0.15) is 0 Å². The van der Waals surface area contributed by atoms with Gasteiger partial charge in [-0.1, -0.05) is 30.3 Å². The molecule has 4 aromatic rings. The fraction of sp³-hybridized carbons (Fsp3) is 0.278. The van der Waals surface area contributed by atoms with E-state index in [1.807, 2.05) is 30.3 Å². The maximum Gasteiger partial charge on any atom is 0.255 e. The highest BCUT2D eigenvalue weighted by Crippen LogP contribution is 2.34. The number of fused-ring (bicyclic) bond motifs is 1. The highest BCUT2D eigenvalue weighted by molar-refractivity contribution is 6.08. The molecule has 6 rings (SSSR count). The van der Waals surface area contributed by atoms with E-state index in [2.05, 4.69) is 38.0 Å². The van der Waals surface area contributed by atoms with Gasteiger partial charge in [-0.3, -0.25) is 19.4 Å². The van der Waals surface area contributed by atoms with E-state index in [-0.39, 0.29) is 23.8 Å². The lowest BCUT2D eigenvalue weighted by molar-refractivity contribution is 0.0930. The lowest BCUT2D eigenvalue weighted by Gasteiger charge is -2.29. The van der Waals surface area contributed by atoms with Crippen LogP contribution in [0.1, 0.15) is 80.3 Å². The number of nitrogens with zero attached hydrogens (tertiary/aromatic N) is 2. The van der Waals surface area contributed by atoms with Gasteiger partial charge in [0.1, 0.15) is 0 Å². The standard InChI is InChI=1S/C36H37N5O3/c1-37-34(42)25-11-7-12-26(21-25)35(43)40-32-16-15-28(41-19-5-2-6-20-41)23-30(32)33-22-27(17-18-38-33)36(44)39-31-14-8-10-24-9-3-4-13-29(24)31/h3-4,7,9,11-13,15-18,21-23,31H,2,5-6,8,10,14,19-20H2,1H3,(H,37,42)(H,39,44)(H,40,43). The zero-order chi connectivity index (χ0) is 30.5. The van der Waals surface area contributed by atoms with E-state index in [9.17, 15) is 14.4 Å². The smallest absolute Gasteiger partial charge is 0.255 e. The zero-order valence-corrected chi connectivity index (χ0v) is 24.9.